The fourth-order valence-corrected chi connectivity index (χ4v) is 3.96. The van der Waals surface area contributed by atoms with Crippen molar-refractivity contribution in [2.75, 3.05) is 0 Å². The van der Waals surface area contributed by atoms with Crippen LogP contribution in [0.3, 0.4) is 0 Å². The van der Waals surface area contributed by atoms with Gasteiger partial charge in [-0.25, -0.2) is 0 Å². The zero-order valence-corrected chi connectivity index (χ0v) is 15.8. The third-order valence-electron chi connectivity index (χ3n) is 6.24. The maximum atomic E-state index is 9.60. The number of aliphatic hydroxyl groups excluding tert-OH is 2. The molecule has 0 amide bonds. The van der Waals surface area contributed by atoms with Crippen molar-refractivity contribution in [2.45, 2.75) is 92.3 Å². The zero-order chi connectivity index (χ0) is 16.9. The number of hydrogen-bond acceptors (Lipinski definition) is 2. The number of hydrogen-bond donors (Lipinski definition) is 2. The molecule has 132 valence electrons. The van der Waals surface area contributed by atoms with Gasteiger partial charge in [0.2, 0.25) is 0 Å². The van der Waals surface area contributed by atoms with Gasteiger partial charge in [0, 0.05) is 0 Å². The molecule has 0 bridgehead atoms. The molecule has 2 heteroatoms. The highest BCUT2D eigenvalue weighted by molar-refractivity contribution is 4.79. The molecule has 2 aliphatic carbocycles. The molecule has 0 aromatic carbocycles. The predicted octanol–water partition coefficient (Wildman–Crippen LogP) is 4.88. The molecule has 2 nitrogen and oxygen atoms in total. The molecule has 6 atom stereocenters. The summed E-state index contributed by atoms with van der Waals surface area (Å²) >= 11 is 0. The van der Waals surface area contributed by atoms with Crippen LogP contribution in [0.4, 0.5) is 0 Å². The SMILES string of the molecule is CC(C)C1CCC(C)C(O)C1.CC(C)C1CCC(O)C(C)C1. The minimum atomic E-state index is -0.0313. The van der Waals surface area contributed by atoms with Gasteiger partial charge in [-0.05, 0) is 74.0 Å². The van der Waals surface area contributed by atoms with E-state index in [2.05, 4.69) is 41.5 Å². The molecule has 0 radical (unpaired) electrons. The lowest BCUT2D eigenvalue weighted by molar-refractivity contribution is 0.0410. The molecule has 0 aromatic rings. The molecule has 2 saturated carbocycles. The molecular formula is C20H40O2. The van der Waals surface area contributed by atoms with E-state index in [1.165, 1.54) is 25.7 Å². The molecule has 2 aliphatic rings. The van der Waals surface area contributed by atoms with Gasteiger partial charge < -0.3 is 10.2 Å². The van der Waals surface area contributed by atoms with E-state index in [0.717, 1.165) is 36.5 Å². The Kier molecular flexibility index (Phi) is 8.42. The summed E-state index contributed by atoms with van der Waals surface area (Å²) < 4.78 is 0. The van der Waals surface area contributed by atoms with Gasteiger partial charge in [0.25, 0.3) is 0 Å². The van der Waals surface area contributed by atoms with Crippen LogP contribution in [0.25, 0.3) is 0 Å². The first-order valence-electron chi connectivity index (χ1n) is 9.58. The van der Waals surface area contributed by atoms with E-state index in [1.54, 1.807) is 0 Å². The fourth-order valence-electron chi connectivity index (χ4n) is 3.96. The van der Waals surface area contributed by atoms with Crippen molar-refractivity contribution in [1.29, 1.82) is 0 Å². The van der Waals surface area contributed by atoms with Crippen LogP contribution in [-0.4, -0.2) is 22.4 Å². The minimum absolute atomic E-state index is 0.0231. The van der Waals surface area contributed by atoms with Gasteiger partial charge in [-0.1, -0.05) is 41.5 Å². The number of rotatable bonds is 2. The Hall–Kier alpha value is -0.0800. The highest BCUT2D eigenvalue weighted by Crippen LogP contribution is 2.34. The fraction of sp³-hybridized carbons (Fsp3) is 1.00. The molecule has 0 heterocycles. The Bertz CT molecular complexity index is 270. The second-order valence-electron chi connectivity index (χ2n) is 8.72. The zero-order valence-electron chi connectivity index (χ0n) is 15.8. The highest BCUT2D eigenvalue weighted by Gasteiger charge is 2.28. The Morgan fingerprint density at radius 2 is 1.14 bits per heavy atom. The maximum Gasteiger partial charge on any atom is 0.0568 e. The van der Waals surface area contributed by atoms with Crippen molar-refractivity contribution in [3.8, 4) is 0 Å². The Balaban J connectivity index is 0.000000220. The summed E-state index contributed by atoms with van der Waals surface area (Å²) in [5, 5.41) is 19.1. The quantitative estimate of drug-likeness (QED) is 0.763. The largest absolute Gasteiger partial charge is 0.393 e. The summed E-state index contributed by atoms with van der Waals surface area (Å²) in [5.41, 5.74) is 0. The van der Waals surface area contributed by atoms with E-state index in [-0.39, 0.29) is 12.2 Å². The molecular weight excluding hydrogens is 272 g/mol. The van der Waals surface area contributed by atoms with Gasteiger partial charge in [-0.15, -0.1) is 0 Å². The van der Waals surface area contributed by atoms with Crippen molar-refractivity contribution in [2.24, 2.45) is 35.5 Å². The van der Waals surface area contributed by atoms with E-state index >= 15 is 0 Å². The van der Waals surface area contributed by atoms with Gasteiger partial charge in [0.15, 0.2) is 0 Å². The van der Waals surface area contributed by atoms with E-state index in [1.807, 2.05) is 0 Å². The summed E-state index contributed by atoms with van der Waals surface area (Å²) in [5.74, 6) is 4.22. The average molecular weight is 313 g/mol. The van der Waals surface area contributed by atoms with Crippen LogP contribution in [0.5, 0.6) is 0 Å². The van der Waals surface area contributed by atoms with Crippen LogP contribution >= 0.6 is 0 Å². The summed E-state index contributed by atoms with van der Waals surface area (Å²) in [6, 6.07) is 0. The first-order valence-corrected chi connectivity index (χ1v) is 9.58. The van der Waals surface area contributed by atoms with E-state index in [4.69, 9.17) is 0 Å². The lowest BCUT2D eigenvalue weighted by atomic mass is 9.75. The molecule has 22 heavy (non-hydrogen) atoms. The maximum absolute atomic E-state index is 9.60. The smallest absolute Gasteiger partial charge is 0.0568 e. The van der Waals surface area contributed by atoms with Crippen LogP contribution in [0.15, 0.2) is 0 Å². The highest BCUT2D eigenvalue weighted by atomic mass is 16.3. The first kappa shape index (κ1) is 20.0. The Morgan fingerprint density at radius 1 is 0.636 bits per heavy atom. The average Bonchev–Trinajstić information content (AvgIpc) is 2.45. The summed E-state index contributed by atoms with van der Waals surface area (Å²) in [4.78, 5) is 0. The minimum Gasteiger partial charge on any atom is -0.393 e. The van der Waals surface area contributed by atoms with Crippen molar-refractivity contribution in [3.63, 3.8) is 0 Å². The van der Waals surface area contributed by atoms with Crippen LogP contribution in [0, 0.1) is 35.5 Å². The van der Waals surface area contributed by atoms with Crippen LogP contribution in [0.2, 0.25) is 0 Å². The summed E-state index contributed by atoms with van der Waals surface area (Å²) in [6.45, 7) is 13.4. The molecule has 0 saturated heterocycles. The van der Waals surface area contributed by atoms with Crippen molar-refractivity contribution >= 4 is 0 Å². The van der Waals surface area contributed by atoms with E-state index in [9.17, 15) is 10.2 Å². The summed E-state index contributed by atoms with van der Waals surface area (Å²) in [6.07, 6.45) is 6.96. The Morgan fingerprint density at radius 3 is 1.59 bits per heavy atom. The molecule has 6 unspecified atom stereocenters. The van der Waals surface area contributed by atoms with Gasteiger partial charge >= 0.3 is 0 Å². The normalized spacial score (nSPS) is 39.5. The summed E-state index contributed by atoms with van der Waals surface area (Å²) in [7, 11) is 0. The van der Waals surface area contributed by atoms with E-state index < -0.39 is 0 Å². The predicted molar refractivity (Wildman–Crippen MR) is 94.7 cm³/mol. The molecule has 2 N–H and O–H groups in total. The number of aliphatic hydroxyl groups is 2. The van der Waals surface area contributed by atoms with Crippen LogP contribution < -0.4 is 0 Å². The van der Waals surface area contributed by atoms with Gasteiger partial charge in [0.05, 0.1) is 12.2 Å². The van der Waals surface area contributed by atoms with Crippen LogP contribution in [-0.2, 0) is 0 Å². The third-order valence-corrected chi connectivity index (χ3v) is 6.24. The van der Waals surface area contributed by atoms with Gasteiger partial charge in [0.1, 0.15) is 0 Å². The Labute approximate surface area is 138 Å². The molecule has 0 spiro atoms. The standard InChI is InChI=1S/2C10H20O/c1-7(2)9-4-5-10(11)8(3)6-9;1-7(2)9-5-4-8(3)10(11)6-9/h2*7-11H,4-6H2,1-3H3. The second-order valence-corrected chi connectivity index (χ2v) is 8.72. The lowest BCUT2D eigenvalue weighted by Crippen LogP contribution is -2.29. The van der Waals surface area contributed by atoms with Crippen molar-refractivity contribution in [3.05, 3.63) is 0 Å². The monoisotopic (exact) mass is 312 g/mol. The van der Waals surface area contributed by atoms with E-state index in [0.29, 0.717) is 11.8 Å². The van der Waals surface area contributed by atoms with Crippen molar-refractivity contribution < 1.29 is 10.2 Å². The molecule has 0 aromatic heterocycles. The van der Waals surface area contributed by atoms with Gasteiger partial charge in [-0.3, -0.25) is 0 Å². The second kappa shape index (κ2) is 9.27. The van der Waals surface area contributed by atoms with Gasteiger partial charge in [-0.2, -0.15) is 0 Å². The molecule has 2 rings (SSSR count). The molecule has 2 fully saturated rings. The molecule has 0 aliphatic heterocycles. The topological polar surface area (TPSA) is 40.5 Å². The van der Waals surface area contributed by atoms with Crippen LogP contribution in [0.1, 0.15) is 80.1 Å². The lowest BCUT2D eigenvalue weighted by Gasteiger charge is -2.33. The van der Waals surface area contributed by atoms with Crippen molar-refractivity contribution in [1.82, 2.24) is 0 Å². The third kappa shape index (κ3) is 6.20. The first-order chi connectivity index (χ1) is 10.2.